The maximum absolute atomic E-state index is 7.33. The first kappa shape index (κ1) is 22.4. The van der Waals surface area contributed by atoms with Crippen LogP contribution in [0.4, 0.5) is 0 Å². The Bertz CT molecular complexity index is 42.5. The molecular weight excluding hydrogens is 239 g/mol. The summed E-state index contributed by atoms with van der Waals surface area (Å²) in [4.78, 5) is 29.3. The summed E-state index contributed by atoms with van der Waals surface area (Å²) in [6.07, 6.45) is 0. The van der Waals surface area contributed by atoms with Crippen LogP contribution in [0.5, 0.6) is 0 Å². The Labute approximate surface area is 113 Å². The summed E-state index contributed by atoms with van der Waals surface area (Å²) in [6.45, 7) is 0. The zero-order valence-corrected chi connectivity index (χ0v) is 10.8. The van der Waals surface area contributed by atoms with E-state index in [1.54, 1.807) is 0 Å². The molecule has 0 amide bonds. The fraction of sp³-hybridized carbons (Fsp3) is 0. The van der Waals surface area contributed by atoms with Crippen LogP contribution in [0.3, 0.4) is 0 Å². The normalized spacial score (nSPS) is 7.50. The van der Waals surface area contributed by atoms with Gasteiger partial charge in [-0.2, -0.15) is 0 Å². The Morgan fingerprint density at radius 3 is 1.00 bits per heavy atom. The van der Waals surface area contributed by atoms with Gasteiger partial charge in [0.2, 0.25) is 0 Å². The van der Waals surface area contributed by atoms with E-state index in [1.807, 2.05) is 0 Å². The van der Waals surface area contributed by atoms with E-state index in [-0.39, 0.29) is 86.6 Å². The molecule has 0 aliphatic rings. The van der Waals surface area contributed by atoms with Crippen LogP contribution in [0, 0.1) is 0 Å². The van der Waals surface area contributed by atoms with Crippen LogP contribution >= 0.6 is 12.4 Å². The van der Waals surface area contributed by atoms with Crippen molar-refractivity contribution in [1.29, 1.82) is 0 Å². The van der Waals surface area contributed by atoms with Crippen LogP contribution in [0.25, 0.3) is 0 Å². The summed E-state index contributed by atoms with van der Waals surface area (Å²) >= 11 is 0. The van der Waals surface area contributed by atoms with Gasteiger partial charge in [0.05, 0.1) is 0 Å². The van der Waals surface area contributed by atoms with Gasteiger partial charge >= 0.3 is 77.6 Å². The monoisotopic (exact) mass is 248 g/mol. The third kappa shape index (κ3) is 73.7. The van der Waals surface area contributed by atoms with Crippen LogP contribution in [-0.4, -0.2) is 96.8 Å². The second-order valence-corrected chi connectivity index (χ2v) is 1.80. The Kier molecular flexibility index (Phi) is 26.9. The summed E-state index contributed by atoms with van der Waals surface area (Å²) in [7, 11) is -4.61. The van der Waals surface area contributed by atoms with Gasteiger partial charge in [0.25, 0.3) is 0 Å². The average molecular weight is 249 g/mol. The fourth-order valence-electron chi connectivity index (χ4n) is 0. The molecule has 0 saturated heterocycles. The molecule has 0 aromatic rings. The predicted octanol–water partition coefficient (Wildman–Crippen LogP) is -2.50. The molecule has 0 aliphatic carbocycles. The third-order valence-corrected chi connectivity index (χ3v) is 0. The molecule has 48 valence electrons. The van der Waals surface area contributed by atoms with Crippen molar-refractivity contribution in [3.63, 3.8) is 0 Å². The van der Waals surface area contributed by atoms with Gasteiger partial charge in [-0.25, -0.2) is 0 Å². The summed E-state index contributed by atoms with van der Waals surface area (Å²) in [6, 6.07) is 0. The zero-order valence-electron chi connectivity index (χ0n) is 8.11. The van der Waals surface area contributed by atoms with E-state index in [2.05, 4.69) is 0 Å². The quantitative estimate of drug-likeness (QED) is 0.357. The largest absolute Gasteiger partial charge is 2.00 e. The standard InChI is InChI=1S/ClH.Mg.H4O4Si.Sr.4H/c;;1-5(2,3)4;;;;;/h1H;;1-4H;;;;;/q;+2;;+2;4*-1. The first-order valence-electron chi connectivity index (χ1n) is 0.894. The third-order valence-electron chi connectivity index (χ3n) is 0. The average Bonchev–Trinajstić information content (AvgIpc) is 0.722. The van der Waals surface area contributed by atoms with Crippen molar-refractivity contribution < 1.29 is 24.9 Å². The molecule has 0 bridgehead atoms. The van der Waals surface area contributed by atoms with E-state index >= 15 is 0 Å². The first-order valence-corrected chi connectivity index (χ1v) is 2.68. The van der Waals surface area contributed by atoms with Crippen molar-refractivity contribution in [3.8, 4) is 0 Å². The maximum Gasteiger partial charge on any atom is 2.00 e. The SMILES string of the molecule is Cl.O[Si](O)(O)O.[H-].[H-].[H-].[H-].[Mg+2].[Sr+2]. The molecule has 0 fully saturated rings. The molecule has 0 atom stereocenters. The van der Waals surface area contributed by atoms with E-state index in [1.165, 1.54) is 0 Å². The molecule has 0 aliphatic heterocycles. The number of rotatable bonds is 0. The summed E-state index contributed by atoms with van der Waals surface area (Å²) < 4.78 is 0. The molecule has 0 saturated carbocycles. The van der Waals surface area contributed by atoms with E-state index < -0.39 is 9.05 Å². The van der Waals surface area contributed by atoms with Gasteiger partial charge in [0, 0.05) is 0 Å². The maximum atomic E-state index is 7.33. The van der Waals surface area contributed by atoms with E-state index in [9.17, 15) is 0 Å². The minimum atomic E-state index is -4.61. The first-order chi connectivity index (χ1) is 2.00. The Balaban J connectivity index is -0.00000000381. The second-order valence-electron chi connectivity index (χ2n) is 0.600. The Morgan fingerprint density at radius 2 is 1.00 bits per heavy atom. The summed E-state index contributed by atoms with van der Waals surface area (Å²) in [5.41, 5.74) is 0. The second kappa shape index (κ2) is 9.59. The number of halogens is 1. The molecule has 0 spiro atoms. The molecule has 0 radical (unpaired) electrons. The molecule has 4 N–H and O–H groups in total. The molecule has 0 aromatic heterocycles. The van der Waals surface area contributed by atoms with Crippen molar-refractivity contribution in [1.82, 2.24) is 0 Å². The van der Waals surface area contributed by atoms with Crippen molar-refractivity contribution >= 4 is 90.0 Å². The van der Waals surface area contributed by atoms with Gasteiger partial charge in [0.15, 0.2) is 0 Å². The van der Waals surface area contributed by atoms with Gasteiger partial charge in [-0.05, 0) is 0 Å². The Morgan fingerprint density at radius 1 is 1.00 bits per heavy atom. The van der Waals surface area contributed by atoms with Gasteiger partial charge in [-0.1, -0.05) is 0 Å². The molecule has 4 nitrogen and oxygen atoms in total. The Hall–Kier alpha value is 2.59. The minimum Gasteiger partial charge on any atom is -1.00 e. The van der Waals surface area contributed by atoms with Gasteiger partial charge in [-0.3, -0.25) is 0 Å². The molecular formula is H9ClMgO4SiSr. The zero-order chi connectivity index (χ0) is 4.50. The van der Waals surface area contributed by atoms with Crippen molar-refractivity contribution in [2.24, 2.45) is 0 Å². The van der Waals surface area contributed by atoms with Crippen LogP contribution in [0.1, 0.15) is 5.71 Å². The molecule has 0 rings (SSSR count). The molecule has 0 aromatic carbocycles. The number of hydrogen-bond acceptors (Lipinski definition) is 4. The van der Waals surface area contributed by atoms with Crippen LogP contribution < -0.4 is 0 Å². The van der Waals surface area contributed by atoms with Gasteiger partial charge < -0.3 is 24.9 Å². The number of hydrogen-bond donors (Lipinski definition) is 4. The summed E-state index contributed by atoms with van der Waals surface area (Å²) in [5, 5.41) is 0. The minimum absolute atomic E-state index is 0. The summed E-state index contributed by atoms with van der Waals surface area (Å²) in [5.74, 6) is 0. The van der Waals surface area contributed by atoms with E-state index in [0.717, 1.165) is 0 Å². The van der Waals surface area contributed by atoms with Crippen LogP contribution in [0.15, 0.2) is 0 Å². The van der Waals surface area contributed by atoms with Gasteiger partial charge in [0.1, 0.15) is 0 Å². The van der Waals surface area contributed by atoms with Crippen molar-refractivity contribution in [2.45, 2.75) is 0 Å². The fourth-order valence-corrected chi connectivity index (χ4v) is 0. The van der Waals surface area contributed by atoms with Crippen molar-refractivity contribution in [3.05, 3.63) is 0 Å². The van der Waals surface area contributed by atoms with E-state index in [0.29, 0.717) is 0 Å². The topological polar surface area (TPSA) is 80.9 Å². The van der Waals surface area contributed by atoms with Crippen LogP contribution in [0.2, 0.25) is 0 Å². The molecule has 0 heterocycles. The molecule has 0 unspecified atom stereocenters. The predicted molar refractivity (Wildman–Crippen MR) is 37.8 cm³/mol. The van der Waals surface area contributed by atoms with E-state index in [4.69, 9.17) is 19.2 Å². The molecule has 8 heteroatoms. The van der Waals surface area contributed by atoms with Gasteiger partial charge in [-0.15, -0.1) is 12.4 Å². The van der Waals surface area contributed by atoms with Crippen LogP contribution in [-0.2, 0) is 0 Å². The molecule has 8 heavy (non-hydrogen) atoms. The van der Waals surface area contributed by atoms with Crippen molar-refractivity contribution in [2.75, 3.05) is 0 Å². The smallest absolute Gasteiger partial charge is 1.00 e.